The molecule has 2 amide bonds. The van der Waals surface area contributed by atoms with Gasteiger partial charge in [0.1, 0.15) is 11.5 Å². The third-order valence-electron chi connectivity index (χ3n) is 4.09. The first-order chi connectivity index (χ1) is 14.4. The van der Waals surface area contributed by atoms with Gasteiger partial charge in [0.05, 0.1) is 7.11 Å². The van der Waals surface area contributed by atoms with Crippen LogP contribution in [-0.2, 0) is 4.79 Å². The van der Waals surface area contributed by atoms with E-state index >= 15 is 0 Å². The first-order valence-corrected chi connectivity index (χ1v) is 9.10. The van der Waals surface area contributed by atoms with E-state index < -0.39 is 5.97 Å². The summed E-state index contributed by atoms with van der Waals surface area (Å²) in [5.74, 6) is -0.171. The highest BCUT2D eigenvalue weighted by atomic mass is 16.5. The van der Waals surface area contributed by atoms with Crippen LogP contribution in [-0.4, -0.2) is 24.9 Å². The summed E-state index contributed by atoms with van der Waals surface area (Å²) in [5.41, 5.74) is 1.85. The van der Waals surface area contributed by atoms with Crippen molar-refractivity contribution < 1.29 is 23.9 Å². The van der Waals surface area contributed by atoms with Gasteiger partial charge in [-0.15, -0.1) is 0 Å². The number of rotatable bonds is 6. The van der Waals surface area contributed by atoms with Gasteiger partial charge in [-0.25, -0.2) is 0 Å². The van der Waals surface area contributed by atoms with Crippen molar-refractivity contribution in [2.75, 3.05) is 17.7 Å². The van der Waals surface area contributed by atoms with Gasteiger partial charge >= 0.3 is 5.97 Å². The predicted octanol–water partition coefficient (Wildman–Crippen LogP) is 4.13. The van der Waals surface area contributed by atoms with Crippen molar-refractivity contribution >= 4 is 29.2 Å². The minimum absolute atomic E-state index is 0.282. The molecule has 7 nitrogen and oxygen atoms in total. The zero-order chi connectivity index (χ0) is 21.5. The number of methoxy groups -OCH3 is 1. The van der Waals surface area contributed by atoms with Crippen LogP contribution < -0.4 is 20.1 Å². The maximum absolute atomic E-state index is 12.5. The Morgan fingerprint density at radius 2 is 1.30 bits per heavy atom. The Morgan fingerprint density at radius 3 is 1.90 bits per heavy atom. The fraction of sp³-hybridized carbons (Fsp3) is 0.0870. The molecule has 0 bridgehead atoms. The first-order valence-electron chi connectivity index (χ1n) is 9.10. The van der Waals surface area contributed by atoms with E-state index in [0.29, 0.717) is 28.3 Å². The number of anilines is 2. The molecule has 0 heterocycles. The number of amides is 2. The van der Waals surface area contributed by atoms with Crippen LogP contribution in [0.25, 0.3) is 0 Å². The van der Waals surface area contributed by atoms with Gasteiger partial charge in [0, 0.05) is 29.4 Å². The standard InChI is InChI=1S/C23H20N2O5/c1-15(26)30-21-8-3-5-17(13-21)23(28)25-19-7-4-6-18(14-19)24-22(27)16-9-11-20(29-2)12-10-16/h3-14H,1-2H3,(H,24,27)(H,25,28). The number of hydrogen-bond donors (Lipinski definition) is 2. The Balaban J connectivity index is 1.68. The van der Waals surface area contributed by atoms with Crippen LogP contribution in [0.1, 0.15) is 27.6 Å². The molecule has 0 atom stereocenters. The van der Waals surface area contributed by atoms with Gasteiger partial charge < -0.3 is 20.1 Å². The van der Waals surface area contributed by atoms with E-state index in [0.717, 1.165) is 0 Å². The lowest BCUT2D eigenvalue weighted by Gasteiger charge is -2.10. The molecule has 0 radical (unpaired) electrons. The summed E-state index contributed by atoms with van der Waals surface area (Å²) in [6.45, 7) is 1.29. The molecular formula is C23H20N2O5. The molecule has 0 aliphatic carbocycles. The molecule has 2 N–H and O–H groups in total. The van der Waals surface area contributed by atoms with Crippen LogP contribution in [0.2, 0.25) is 0 Å². The molecule has 0 saturated heterocycles. The summed E-state index contributed by atoms with van der Waals surface area (Å²) in [6.07, 6.45) is 0. The zero-order valence-corrected chi connectivity index (χ0v) is 16.5. The summed E-state index contributed by atoms with van der Waals surface area (Å²) in [5, 5.41) is 5.55. The summed E-state index contributed by atoms with van der Waals surface area (Å²) in [4.78, 5) is 36.0. The third-order valence-corrected chi connectivity index (χ3v) is 4.09. The van der Waals surface area contributed by atoms with Crippen LogP contribution in [0.3, 0.4) is 0 Å². The average Bonchev–Trinajstić information content (AvgIpc) is 2.73. The zero-order valence-electron chi connectivity index (χ0n) is 16.5. The number of nitrogens with one attached hydrogen (secondary N) is 2. The number of carbonyl (C=O) groups excluding carboxylic acids is 3. The summed E-state index contributed by atoms with van der Waals surface area (Å²) in [6, 6.07) is 19.8. The minimum atomic E-state index is -0.465. The highest BCUT2D eigenvalue weighted by Gasteiger charge is 2.10. The molecule has 3 rings (SSSR count). The molecule has 0 unspecified atom stereocenters. The number of carbonyl (C=O) groups is 3. The molecule has 152 valence electrons. The van der Waals surface area contributed by atoms with Gasteiger partial charge in [-0.2, -0.15) is 0 Å². The molecular weight excluding hydrogens is 384 g/mol. The van der Waals surface area contributed by atoms with E-state index in [1.807, 2.05) is 0 Å². The van der Waals surface area contributed by atoms with Crippen LogP contribution >= 0.6 is 0 Å². The van der Waals surface area contributed by atoms with Gasteiger partial charge in [-0.05, 0) is 60.7 Å². The van der Waals surface area contributed by atoms with Crippen molar-refractivity contribution in [1.29, 1.82) is 0 Å². The lowest BCUT2D eigenvalue weighted by atomic mass is 10.2. The van der Waals surface area contributed by atoms with Crippen molar-refractivity contribution in [1.82, 2.24) is 0 Å². The van der Waals surface area contributed by atoms with Crippen molar-refractivity contribution in [2.24, 2.45) is 0 Å². The maximum Gasteiger partial charge on any atom is 0.308 e. The van der Waals surface area contributed by atoms with E-state index in [1.54, 1.807) is 73.8 Å². The quantitative estimate of drug-likeness (QED) is 0.476. The summed E-state index contributed by atoms with van der Waals surface area (Å²) in [7, 11) is 1.56. The van der Waals surface area contributed by atoms with Crippen LogP contribution in [0.4, 0.5) is 11.4 Å². The van der Waals surface area contributed by atoms with E-state index in [9.17, 15) is 14.4 Å². The van der Waals surface area contributed by atoms with Gasteiger partial charge in [0.2, 0.25) is 0 Å². The number of esters is 1. The first kappa shape index (κ1) is 20.6. The second kappa shape index (κ2) is 9.38. The molecule has 0 saturated carbocycles. The molecule has 0 fully saturated rings. The average molecular weight is 404 g/mol. The largest absolute Gasteiger partial charge is 0.497 e. The van der Waals surface area contributed by atoms with Crippen LogP contribution in [0.15, 0.2) is 72.8 Å². The van der Waals surface area contributed by atoms with E-state index in [4.69, 9.17) is 9.47 Å². The fourth-order valence-corrected chi connectivity index (χ4v) is 2.69. The predicted molar refractivity (Wildman–Crippen MR) is 113 cm³/mol. The lowest BCUT2D eigenvalue weighted by molar-refractivity contribution is -0.131. The Bertz CT molecular complexity index is 1080. The van der Waals surface area contributed by atoms with E-state index in [-0.39, 0.29) is 17.6 Å². The smallest absolute Gasteiger partial charge is 0.308 e. The molecule has 0 aliphatic rings. The molecule has 0 aliphatic heterocycles. The number of benzene rings is 3. The molecule has 0 spiro atoms. The second-order valence-corrected chi connectivity index (χ2v) is 6.34. The summed E-state index contributed by atoms with van der Waals surface area (Å²) < 4.78 is 10.1. The lowest BCUT2D eigenvalue weighted by Crippen LogP contribution is -2.14. The topological polar surface area (TPSA) is 93.7 Å². The molecule has 0 aromatic heterocycles. The van der Waals surface area contributed by atoms with Crippen molar-refractivity contribution in [3.8, 4) is 11.5 Å². The Hall–Kier alpha value is -4.13. The van der Waals surface area contributed by atoms with E-state index in [2.05, 4.69) is 10.6 Å². The Kier molecular flexibility index (Phi) is 6.44. The second-order valence-electron chi connectivity index (χ2n) is 6.34. The van der Waals surface area contributed by atoms with Crippen molar-refractivity contribution in [2.45, 2.75) is 6.92 Å². The van der Waals surface area contributed by atoms with Crippen LogP contribution in [0.5, 0.6) is 11.5 Å². The molecule has 3 aromatic rings. The number of ether oxygens (including phenoxy) is 2. The minimum Gasteiger partial charge on any atom is -0.497 e. The molecule has 7 heteroatoms. The highest BCUT2D eigenvalue weighted by molar-refractivity contribution is 6.06. The van der Waals surface area contributed by atoms with Crippen LogP contribution in [0, 0.1) is 0 Å². The van der Waals surface area contributed by atoms with Gasteiger partial charge in [-0.1, -0.05) is 12.1 Å². The SMILES string of the molecule is COc1ccc(C(=O)Nc2cccc(NC(=O)c3cccc(OC(C)=O)c3)c2)cc1. The molecule has 30 heavy (non-hydrogen) atoms. The maximum atomic E-state index is 12.5. The Labute approximate surface area is 173 Å². The van der Waals surface area contributed by atoms with E-state index in [1.165, 1.54) is 13.0 Å². The van der Waals surface area contributed by atoms with Crippen molar-refractivity contribution in [3.05, 3.63) is 83.9 Å². The Morgan fingerprint density at radius 1 is 0.700 bits per heavy atom. The van der Waals surface area contributed by atoms with Gasteiger partial charge in [-0.3, -0.25) is 14.4 Å². The van der Waals surface area contributed by atoms with Crippen molar-refractivity contribution in [3.63, 3.8) is 0 Å². The summed E-state index contributed by atoms with van der Waals surface area (Å²) >= 11 is 0. The monoisotopic (exact) mass is 404 g/mol. The molecule has 3 aromatic carbocycles. The normalized spacial score (nSPS) is 10.1. The number of hydrogen-bond acceptors (Lipinski definition) is 5. The highest BCUT2D eigenvalue weighted by Crippen LogP contribution is 2.19. The fourth-order valence-electron chi connectivity index (χ4n) is 2.69. The third kappa shape index (κ3) is 5.45. The van der Waals surface area contributed by atoms with Gasteiger partial charge in [0.15, 0.2) is 0 Å². The van der Waals surface area contributed by atoms with Gasteiger partial charge in [0.25, 0.3) is 11.8 Å².